The fraction of sp³-hybridized carbons (Fsp3) is 0.647. The maximum atomic E-state index is 11.7. The monoisotopic (exact) mass is 310 g/mol. The standard InChI is InChI=1S/C17H27O3P/c1-12(11-17(2,3)4)16(21-18)10-13-14(19-5)8-7-9-15(13)20-6/h7-9,12,16H,10-11H2,1-6H3. The molecule has 2 unspecified atom stereocenters. The summed E-state index contributed by atoms with van der Waals surface area (Å²) in [5.74, 6) is 1.95. The van der Waals surface area contributed by atoms with Crippen LogP contribution in [0.25, 0.3) is 0 Å². The van der Waals surface area contributed by atoms with Gasteiger partial charge in [0.25, 0.3) is 0 Å². The summed E-state index contributed by atoms with van der Waals surface area (Å²) in [6.45, 7) is 8.81. The van der Waals surface area contributed by atoms with Crippen LogP contribution in [0.3, 0.4) is 0 Å². The van der Waals surface area contributed by atoms with E-state index in [-0.39, 0.29) is 19.5 Å². The molecule has 3 nitrogen and oxygen atoms in total. The van der Waals surface area contributed by atoms with E-state index in [9.17, 15) is 4.57 Å². The molecule has 0 aliphatic heterocycles. The first kappa shape index (κ1) is 18.0. The van der Waals surface area contributed by atoms with Gasteiger partial charge in [-0.1, -0.05) is 33.8 Å². The molecule has 1 aromatic carbocycles. The van der Waals surface area contributed by atoms with Gasteiger partial charge in [-0.3, -0.25) is 4.57 Å². The number of ether oxygens (including phenoxy) is 2. The van der Waals surface area contributed by atoms with Crippen LogP contribution in [0, 0.1) is 11.3 Å². The SMILES string of the molecule is COc1cccc(OC)c1CC(P=O)C(C)CC(C)(C)C. The fourth-order valence-electron chi connectivity index (χ4n) is 2.78. The molecule has 4 heteroatoms. The minimum absolute atomic E-state index is 0.0643. The van der Waals surface area contributed by atoms with Crippen LogP contribution in [0.5, 0.6) is 11.5 Å². The predicted octanol–water partition coefficient (Wildman–Crippen LogP) is 4.98. The van der Waals surface area contributed by atoms with Gasteiger partial charge >= 0.3 is 0 Å². The van der Waals surface area contributed by atoms with Crippen LogP contribution in [0.2, 0.25) is 0 Å². The Morgan fingerprint density at radius 2 is 1.67 bits per heavy atom. The van der Waals surface area contributed by atoms with Crippen LogP contribution >= 0.6 is 8.46 Å². The normalized spacial score (nSPS) is 14.8. The molecule has 0 amide bonds. The molecule has 1 rings (SSSR count). The second kappa shape index (κ2) is 7.79. The molecular formula is C17H27O3P. The second-order valence-electron chi connectivity index (χ2n) is 6.76. The molecule has 0 fully saturated rings. The summed E-state index contributed by atoms with van der Waals surface area (Å²) in [4.78, 5) is 0. The van der Waals surface area contributed by atoms with Gasteiger partial charge in [0.1, 0.15) is 11.5 Å². The highest BCUT2D eigenvalue weighted by Gasteiger charge is 2.26. The molecule has 0 aliphatic rings. The lowest BCUT2D eigenvalue weighted by molar-refractivity contribution is 0.297. The van der Waals surface area contributed by atoms with Crippen molar-refractivity contribution in [3.8, 4) is 11.5 Å². The number of methoxy groups -OCH3 is 2. The molecule has 21 heavy (non-hydrogen) atoms. The molecule has 0 saturated carbocycles. The van der Waals surface area contributed by atoms with E-state index in [1.54, 1.807) is 14.2 Å². The van der Waals surface area contributed by atoms with Crippen LogP contribution in [-0.4, -0.2) is 19.9 Å². The van der Waals surface area contributed by atoms with E-state index in [0.29, 0.717) is 12.3 Å². The van der Waals surface area contributed by atoms with Crippen molar-refractivity contribution in [2.24, 2.45) is 11.3 Å². The Morgan fingerprint density at radius 1 is 1.14 bits per heavy atom. The zero-order chi connectivity index (χ0) is 16.0. The summed E-state index contributed by atoms with van der Waals surface area (Å²) in [5.41, 5.74) is 1.29. The highest BCUT2D eigenvalue weighted by atomic mass is 31.1. The molecule has 0 saturated heterocycles. The quantitative estimate of drug-likeness (QED) is 0.666. The van der Waals surface area contributed by atoms with E-state index in [1.165, 1.54) is 0 Å². The Balaban J connectivity index is 2.98. The topological polar surface area (TPSA) is 35.5 Å². The van der Waals surface area contributed by atoms with Crippen molar-refractivity contribution in [2.75, 3.05) is 14.2 Å². The van der Waals surface area contributed by atoms with E-state index in [0.717, 1.165) is 23.5 Å². The van der Waals surface area contributed by atoms with Crippen LogP contribution in [0.4, 0.5) is 0 Å². The molecule has 0 spiro atoms. The smallest absolute Gasteiger partial charge is 0.159 e. The van der Waals surface area contributed by atoms with Crippen molar-refractivity contribution in [3.63, 3.8) is 0 Å². The van der Waals surface area contributed by atoms with E-state index >= 15 is 0 Å². The van der Waals surface area contributed by atoms with E-state index < -0.39 is 0 Å². The zero-order valence-electron chi connectivity index (χ0n) is 14.0. The lowest BCUT2D eigenvalue weighted by atomic mass is 9.83. The number of hydrogen-bond donors (Lipinski definition) is 0. The van der Waals surface area contributed by atoms with Crippen molar-refractivity contribution in [1.29, 1.82) is 0 Å². The summed E-state index contributed by atoms with van der Waals surface area (Å²) in [6, 6.07) is 5.75. The molecule has 0 heterocycles. The van der Waals surface area contributed by atoms with Crippen LogP contribution in [-0.2, 0) is 11.0 Å². The van der Waals surface area contributed by atoms with Gasteiger partial charge in [0, 0.05) is 11.2 Å². The lowest BCUT2D eigenvalue weighted by Crippen LogP contribution is -2.21. The molecule has 118 valence electrons. The Morgan fingerprint density at radius 3 is 2.05 bits per heavy atom. The average Bonchev–Trinajstić information content (AvgIpc) is 2.42. The van der Waals surface area contributed by atoms with Crippen molar-refractivity contribution >= 4 is 8.46 Å². The highest BCUT2D eigenvalue weighted by Crippen LogP contribution is 2.36. The van der Waals surface area contributed by atoms with Gasteiger partial charge in [0.15, 0.2) is 8.46 Å². The van der Waals surface area contributed by atoms with Crippen LogP contribution in [0.1, 0.15) is 39.7 Å². The number of benzene rings is 1. The molecule has 0 aromatic heterocycles. The van der Waals surface area contributed by atoms with Crippen LogP contribution in [0.15, 0.2) is 18.2 Å². The molecule has 0 bridgehead atoms. The zero-order valence-corrected chi connectivity index (χ0v) is 14.9. The Kier molecular flexibility index (Phi) is 6.67. The molecule has 0 radical (unpaired) electrons. The van der Waals surface area contributed by atoms with Gasteiger partial charge in [-0.25, -0.2) is 0 Å². The lowest BCUT2D eigenvalue weighted by Gasteiger charge is -2.27. The van der Waals surface area contributed by atoms with Crippen molar-refractivity contribution in [1.82, 2.24) is 0 Å². The highest BCUT2D eigenvalue weighted by molar-refractivity contribution is 7.24. The molecule has 1 aromatic rings. The van der Waals surface area contributed by atoms with Crippen LogP contribution < -0.4 is 9.47 Å². The second-order valence-corrected chi connectivity index (χ2v) is 7.63. The summed E-state index contributed by atoms with van der Waals surface area (Å²) < 4.78 is 22.5. The molecule has 0 aliphatic carbocycles. The van der Waals surface area contributed by atoms with Crippen molar-refractivity contribution in [3.05, 3.63) is 23.8 Å². The first-order valence-corrected chi connectivity index (χ1v) is 8.23. The van der Waals surface area contributed by atoms with Gasteiger partial charge in [0.2, 0.25) is 0 Å². The third kappa shape index (κ3) is 5.32. The molecular weight excluding hydrogens is 283 g/mol. The maximum absolute atomic E-state index is 11.7. The summed E-state index contributed by atoms with van der Waals surface area (Å²) in [7, 11) is 3.49. The van der Waals surface area contributed by atoms with Gasteiger partial charge in [-0.05, 0) is 36.3 Å². The van der Waals surface area contributed by atoms with Crippen molar-refractivity contribution < 1.29 is 14.0 Å². The number of rotatable bonds is 7. The molecule has 2 atom stereocenters. The third-order valence-electron chi connectivity index (χ3n) is 3.67. The maximum Gasteiger partial charge on any atom is 0.159 e. The fourth-order valence-corrected chi connectivity index (χ4v) is 3.35. The van der Waals surface area contributed by atoms with Crippen molar-refractivity contribution in [2.45, 2.75) is 46.2 Å². The average molecular weight is 310 g/mol. The summed E-state index contributed by atoms with van der Waals surface area (Å²) >= 11 is 0. The summed E-state index contributed by atoms with van der Waals surface area (Å²) in [5, 5.41) is 0. The Hall–Kier alpha value is -1.08. The first-order chi connectivity index (χ1) is 9.82. The molecule has 0 N–H and O–H groups in total. The first-order valence-electron chi connectivity index (χ1n) is 7.34. The predicted molar refractivity (Wildman–Crippen MR) is 87.9 cm³/mol. The Bertz CT molecular complexity index is 443. The number of hydrogen-bond acceptors (Lipinski definition) is 3. The van der Waals surface area contributed by atoms with Gasteiger partial charge in [-0.15, -0.1) is 0 Å². The van der Waals surface area contributed by atoms with E-state index in [2.05, 4.69) is 27.7 Å². The van der Waals surface area contributed by atoms with Gasteiger partial charge in [-0.2, -0.15) is 0 Å². The van der Waals surface area contributed by atoms with Gasteiger partial charge in [0.05, 0.1) is 14.2 Å². The summed E-state index contributed by atoms with van der Waals surface area (Å²) in [6.07, 6.45) is 1.72. The van der Waals surface area contributed by atoms with E-state index in [4.69, 9.17) is 9.47 Å². The minimum atomic E-state index is 0.0643. The van der Waals surface area contributed by atoms with Gasteiger partial charge < -0.3 is 9.47 Å². The largest absolute Gasteiger partial charge is 0.496 e. The van der Waals surface area contributed by atoms with E-state index in [1.807, 2.05) is 18.2 Å². The minimum Gasteiger partial charge on any atom is -0.496 e. The Labute approximate surface area is 130 Å². The third-order valence-corrected chi connectivity index (χ3v) is 4.63.